The lowest BCUT2D eigenvalue weighted by Crippen LogP contribution is -2.33. The van der Waals surface area contributed by atoms with Gasteiger partial charge in [0.2, 0.25) is 5.91 Å². The van der Waals surface area contributed by atoms with Crippen LogP contribution in [0.5, 0.6) is 5.75 Å². The number of nitrogens with one attached hydrogen (secondary N) is 1. The molecule has 122 valence electrons. The van der Waals surface area contributed by atoms with Crippen molar-refractivity contribution in [1.82, 2.24) is 5.32 Å². The maximum Gasteiger partial charge on any atom is 0.225 e. The smallest absolute Gasteiger partial charge is 0.225 e. The summed E-state index contributed by atoms with van der Waals surface area (Å²) in [5.41, 5.74) is 3.94. The fraction of sp³-hybridized carbons (Fsp3) is 0.250. The highest BCUT2D eigenvalue weighted by molar-refractivity contribution is 5.88. The Balaban J connectivity index is 1.51. The molecule has 0 aliphatic carbocycles. The molecule has 1 amide bonds. The quantitative estimate of drug-likeness (QED) is 0.795. The molecule has 0 saturated heterocycles. The van der Waals surface area contributed by atoms with Gasteiger partial charge in [-0.15, -0.1) is 0 Å². The van der Waals surface area contributed by atoms with Crippen LogP contribution in [0.25, 0.3) is 11.0 Å². The van der Waals surface area contributed by atoms with Crippen molar-refractivity contribution in [3.05, 3.63) is 65.4 Å². The molecule has 4 heteroatoms. The van der Waals surface area contributed by atoms with Gasteiger partial charge in [0.1, 0.15) is 11.3 Å². The van der Waals surface area contributed by atoms with Crippen molar-refractivity contribution in [1.29, 1.82) is 0 Å². The van der Waals surface area contributed by atoms with E-state index in [4.69, 9.17) is 9.15 Å². The predicted octanol–water partition coefficient (Wildman–Crippen LogP) is 3.92. The Morgan fingerprint density at radius 2 is 2.12 bits per heavy atom. The average Bonchev–Trinajstić information content (AvgIpc) is 2.97. The summed E-state index contributed by atoms with van der Waals surface area (Å²) in [6, 6.07) is 13.9. The number of ether oxygens (including phenoxy) is 1. The molecule has 24 heavy (non-hydrogen) atoms. The van der Waals surface area contributed by atoms with Crippen LogP contribution in [0.15, 0.2) is 53.1 Å². The van der Waals surface area contributed by atoms with Crippen LogP contribution < -0.4 is 10.1 Å². The van der Waals surface area contributed by atoms with Gasteiger partial charge in [0.05, 0.1) is 25.3 Å². The van der Waals surface area contributed by atoms with Crippen LogP contribution in [0.4, 0.5) is 0 Å². The van der Waals surface area contributed by atoms with Gasteiger partial charge in [-0.05, 0) is 24.6 Å². The van der Waals surface area contributed by atoms with E-state index in [1.54, 1.807) is 6.26 Å². The molecule has 0 radical (unpaired) electrons. The molecule has 1 unspecified atom stereocenters. The first-order valence-electron chi connectivity index (χ1n) is 8.18. The molecule has 1 atom stereocenters. The minimum atomic E-state index is -0.0000203. The van der Waals surface area contributed by atoms with Gasteiger partial charge in [-0.1, -0.05) is 30.3 Å². The number of para-hydroxylation sites is 1. The minimum absolute atomic E-state index is 0.0000203. The predicted molar refractivity (Wildman–Crippen MR) is 92.1 cm³/mol. The molecule has 0 fully saturated rings. The summed E-state index contributed by atoms with van der Waals surface area (Å²) in [6.45, 7) is 2.65. The van der Waals surface area contributed by atoms with Crippen molar-refractivity contribution < 1.29 is 13.9 Å². The maximum absolute atomic E-state index is 12.5. The third-order valence-corrected chi connectivity index (χ3v) is 4.46. The number of hydrogen-bond acceptors (Lipinski definition) is 3. The molecular formula is C20H19NO3. The zero-order valence-electron chi connectivity index (χ0n) is 13.5. The topological polar surface area (TPSA) is 51.5 Å². The summed E-state index contributed by atoms with van der Waals surface area (Å²) < 4.78 is 11.2. The number of fused-ring (bicyclic) bond motifs is 2. The number of hydrogen-bond donors (Lipinski definition) is 1. The van der Waals surface area contributed by atoms with Gasteiger partial charge in [-0.3, -0.25) is 4.79 Å². The van der Waals surface area contributed by atoms with E-state index in [0.29, 0.717) is 13.0 Å². The van der Waals surface area contributed by atoms with Crippen molar-refractivity contribution in [3.8, 4) is 5.75 Å². The zero-order valence-corrected chi connectivity index (χ0v) is 13.5. The summed E-state index contributed by atoms with van der Waals surface area (Å²) in [5, 5.41) is 4.13. The minimum Gasteiger partial charge on any atom is -0.493 e. The maximum atomic E-state index is 12.5. The Bertz CT molecular complexity index is 897. The van der Waals surface area contributed by atoms with Crippen LogP contribution in [0.3, 0.4) is 0 Å². The number of amides is 1. The molecule has 0 bridgehead atoms. The summed E-state index contributed by atoms with van der Waals surface area (Å²) in [7, 11) is 0. The van der Waals surface area contributed by atoms with Crippen LogP contribution in [-0.4, -0.2) is 12.5 Å². The van der Waals surface area contributed by atoms with Gasteiger partial charge < -0.3 is 14.5 Å². The normalized spacial score (nSPS) is 16.5. The number of carbonyl (C=O) groups excluding carboxylic acids is 1. The van der Waals surface area contributed by atoms with E-state index in [9.17, 15) is 4.79 Å². The Kier molecular flexibility index (Phi) is 3.73. The van der Waals surface area contributed by atoms with Crippen molar-refractivity contribution in [2.75, 3.05) is 6.61 Å². The highest BCUT2D eigenvalue weighted by atomic mass is 16.5. The van der Waals surface area contributed by atoms with E-state index < -0.39 is 0 Å². The van der Waals surface area contributed by atoms with Gasteiger partial charge in [0, 0.05) is 22.9 Å². The van der Waals surface area contributed by atoms with Gasteiger partial charge in [0.15, 0.2) is 0 Å². The molecule has 4 rings (SSSR count). The van der Waals surface area contributed by atoms with E-state index in [1.807, 2.05) is 49.4 Å². The molecule has 1 aromatic heterocycles. The van der Waals surface area contributed by atoms with Gasteiger partial charge in [-0.25, -0.2) is 0 Å². The first-order valence-corrected chi connectivity index (χ1v) is 8.18. The Hall–Kier alpha value is -2.75. The van der Waals surface area contributed by atoms with E-state index in [-0.39, 0.29) is 11.9 Å². The summed E-state index contributed by atoms with van der Waals surface area (Å²) in [6.07, 6.45) is 2.78. The van der Waals surface area contributed by atoms with Crippen LogP contribution in [-0.2, 0) is 11.2 Å². The summed E-state index contributed by atoms with van der Waals surface area (Å²) in [5.74, 6) is 0.860. The second-order valence-corrected chi connectivity index (χ2v) is 6.23. The van der Waals surface area contributed by atoms with Gasteiger partial charge in [-0.2, -0.15) is 0 Å². The Morgan fingerprint density at radius 3 is 3.04 bits per heavy atom. The molecule has 3 aromatic rings. The average molecular weight is 321 g/mol. The number of carbonyl (C=O) groups is 1. The summed E-state index contributed by atoms with van der Waals surface area (Å²) in [4.78, 5) is 12.5. The first kappa shape index (κ1) is 14.8. The zero-order chi connectivity index (χ0) is 16.5. The number of aryl methyl sites for hydroxylation is 1. The monoisotopic (exact) mass is 321 g/mol. The van der Waals surface area contributed by atoms with Gasteiger partial charge >= 0.3 is 0 Å². The fourth-order valence-corrected chi connectivity index (χ4v) is 3.24. The summed E-state index contributed by atoms with van der Waals surface area (Å²) >= 11 is 0. The largest absolute Gasteiger partial charge is 0.493 e. The molecule has 1 aliphatic heterocycles. The highest BCUT2D eigenvalue weighted by Crippen LogP contribution is 2.31. The molecule has 2 heterocycles. The molecule has 4 nitrogen and oxygen atoms in total. The third kappa shape index (κ3) is 2.75. The third-order valence-electron chi connectivity index (χ3n) is 4.46. The van der Waals surface area contributed by atoms with Crippen LogP contribution in [0.2, 0.25) is 0 Å². The Morgan fingerprint density at radius 1 is 1.25 bits per heavy atom. The lowest BCUT2D eigenvalue weighted by atomic mass is 10.00. The molecular weight excluding hydrogens is 302 g/mol. The van der Waals surface area contributed by atoms with Crippen molar-refractivity contribution in [3.63, 3.8) is 0 Å². The van der Waals surface area contributed by atoms with Crippen molar-refractivity contribution in [2.24, 2.45) is 0 Å². The molecule has 0 saturated carbocycles. The van der Waals surface area contributed by atoms with E-state index in [0.717, 1.165) is 39.8 Å². The Labute approximate surface area is 140 Å². The lowest BCUT2D eigenvalue weighted by molar-refractivity contribution is -0.121. The second-order valence-electron chi connectivity index (χ2n) is 6.23. The number of furan rings is 1. The van der Waals surface area contributed by atoms with Crippen LogP contribution in [0.1, 0.15) is 29.2 Å². The van der Waals surface area contributed by atoms with E-state index in [2.05, 4.69) is 5.32 Å². The van der Waals surface area contributed by atoms with Crippen molar-refractivity contribution >= 4 is 16.9 Å². The lowest BCUT2D eigenvalue weighted by Gasteiger charge is -2.26. The fourth-order valence-electron chi connectivity index (χ4n) is 3.24. The van der Waals surface area contributed by atoms with Gasteiger partial charge in [0.25, 0.3) is 0 Å². The van der Waals surface area contributed by atoms with Crippen LogP contribution in [0, 0.1) is 6.92 Å². The molecule has 1 N–H and O–H groups in total. The number of benzene rings is 2. The van der Waals surface area contributed by atoms with E-state index >= 15 is 0 Å². The number of rotatable bonds is 3. The molecule has 0 spiro atoms. The molecule has 2 aromatic carbocycles. The SMILES string of the molecule is Cc1ccc2c(CC(=O)NC3CCOc4ccccc43)coc2c1. The van der Waals surface area contributed by atoms with Crippen molar-refractivity contribution in [2.45, 2.75) is 25.8 Å². The standard InChI is InChI=1S/C20H19NO3/c1-13-6-7-15-14(12-24-19(15)10-13)11-20(22)21-17-8-9-23-18-5-3-2-4-16(17)18/h2-7,10,12,17H,8-9,11H2,1H3,(H,21,22). The van der Waals surface area contributed by atoms with E-state index in [1.165, 1.54) is 0 Å². The van der Waals surface area contributed by atoms with Crippen LogP contribution >= 0.6 is 0 Å². The second kappa shape index (κ2) is 6.04. The highest BCUT2D eigenvalue weighted by Gasteiger charge is 2.23. The molecule has 1 aliphatic rings. The first-order chi connectivity index (χ1) is 11.7.